The zero-order valence-corrected chi connectivity index (χ0v) is 18.6. The highest BCUT2D eigenvalue weighted by Gasteiger charge is 2.38. The Morgan fingerprint density at radius 1 is 1.14 bits per heavy atom. The molecule has 0 saturated heterocycles. The number of halogens is 3. The standard InChI is InChI=1S/C21H20N6O.C2HF3O2/c1-13-23-20-19(27(13)16-6-2-3-7-16)17-11-14(8-9-18(17)25-26-20)21(28)24-15-5-4-10-22-12-15;3-2(4,5)1(6)7/h4-5,8-12,16H,2-3,6-7H2,1H3,(H,24,28);(H,6,7). The number of carbonyl (C=O) groups excluding carboxylic acids is 1. The van der Waals surface area contributed by atoms with Crippen LogP contribution < -0.4 is 5.32 Å². The van der Waals surface area contributed by atoms with Crippen LogP contribution in [-0.2, 0) is 4.79 Å². The number of hydrogen-bond acceptors (Lipinski definition) is 6. The van der Waals surface area contributed by atoms with Gasteiger partial charge in [-0.2, -0.15) is 13.2 Å². The normalized spacial score (nSPS) is 14.1. The molecular weight excluding hydrogens is 465 g/mol. The quantitative estimate of drug-likeness (QED) is 0.431. The van der Waals surface area contributed by atoms with Crippen molar-refractivity contribution in [3.05, 3.63) is 54.1 Å². The van der Waals surface area contributed by atoms with Crippen molar-refractivity contribution in [2.24, 2.45) is 0 Å². The molecule has 0 radical (unpaired) electrons. The van der Waals surface area contributed by atoms with Crippen LogP contribution in [0.5, 0.6) is 0 Å². The Labute approximate surface area is 197 Å². The molecular formula is C23H21F3N6O3. The summed E-state index contributed by atoms with van der Waals surface area (Å²) in [6.07, 6.45) is 2.99. The highest BCUT2D eigenvalue weighted by atomic mass is 19.4. The van der Waals surface area contributed by atoms with Crippen molar-refractivity contribution in [3.63, 3.8) is 0 Å². The summed E-state index contributed by atoms with van der Waals surface area (Å²) in [5.74, 6) is -1.98. The lowest BCUT2D eigenvalue weighted by molar-refractivity contribution is -0.192. The predicted octanol–water partition coefficient (Wildman–Crippen LogP) is 4.68. The number of aryl methyl sites for hydroxylation is 1. The number of nitrogens with one attached hydrogen (secondary N) is 1. The van der Waals surface area contributed by atoms with E-state index < -0.39 is 12.1 Å². The van der Waals surface area contributed by atoms with Gasteiger partial charge in [-0.15, -0.1) is 10.2 Å². The van der Waals surface area contributed by atoms with E-state index in [1.165, 1.54) is 12.8 Å². The molecule has 1 aliphatic carbocycles. The van der Waals surface area contributed by atoms with Crippen molar-refractivity contribution in [1.29, 1.82) is 0 Å². The van der Waals surface area contributed by atoms with Gasteiger partial charge < -0.3 is 15.0 Å². The number of carbonyl (C=O) groups is 2. The number of carboxylic acids is 1. The van der Waals surface area contributed by atoms with Crippen molar-refractivity contribution in [2.75, 3.05) is 5.32 Å². The third-order valence-electron chi connectivity index (χ3n) is 5.69. The zero-order valence-electron chi connectivity index (χ0n) is 18.6. The van der Waals surface area contributed by atoms with Crippen LogP contribution in [0.25, 0.3) is 22.1 Å². The van der Waals surface area contributed by atoms with Gasteiger partial charge in [0, 0.05) is 23.2 Å². The Balaban J connectivity index is 0.000000364. The molecule has 0 aliphatic heterocycles. The molecule has 2 N–H and O–H groups in total. The summed E-state index contributed by atoms with van der Waals surface area (Å²) in [7, 11) is 0. The summed E-state index contributed by atoms with van der Waals surface area (Å²) in [5, 5.41) is 19.5. The molecule has 182 valence electrons. The van der Waals surface area contributed by atoms with Crippen LogP contribution >= 0.6 is 0 Å². The molecule has 0 bridgehead atoms. The number of rotatable bonds is 3. The minimum absolute atomic E-state index is 0.177. The Bertz CT molecular complexity index is 1380. The van der Waals surface area contributed by atoms with Crippen LogP contribution in [0.2, 0.25) is 0 Å². The van der Waals surface area contributed by atoms with Gasteiger partial charge in [0.1, 0.15) is 5.82 Å². The number of pyridine rings is 1. The average Bonchev–Trinajstić information content (AvgIpc) is 3.46. The van der Waals surface area contributed by atoms with Crippen molar-refractivity contribution in [3.8, 4) is 0 Å². The van der Waals surface area contributed by atoms with Crippen LogP contribution in [0.1, 0.15) is 47.9 Å². The van der Waals surface area contributed by atoms with Gasteiger partial charge in [0.2, 0.25) is 5.65 Å². The van der Waals surface area contributed by atoms with Gasteiger partial charge in [-0.25, -0.2) is 9.78 Å². The van der Waals surface area contributed by atoms with Gasteiger partial charge in [-0.05, 0) is 50.1 Å². The molecule has 3 aromatic heterocycles. The van der Waals surface area contributed by atoms with Crippen LogP contribution in [-0.4, -0.2) is 47.9 Å². The number of aliphatic carboxylic acids is 1. The fourth-order valence-electron chi connectivity index (χ4n) is 4.15. The van der Waals surface area contributed by atoms with Gasteiger partial charge >= 0.3 is 12.1 Å². The SMILES string of the molecule is Cc1nc2nnc3ccc(C(=O)Nc4cccnc4)cc3c2n1C1CCCC1.O=C(O)C(F)(F)F. The number of imidazole rings is 1. The van der Waals surface area contributed by atoms with E-state index in [1.54, 1.807) is 24.5 Å². The first kappa shape index (κ1) is 24.0. The van der Waals surface area contributed by atoms with E-state index in [0.717, 1.165) is 35.1 Å². The molecule has 0 spiro atoms. The minimum atomic E-state index is -5.08. The van der Waals surface area contributed by atoms with E-state index in [1.807, 2.05) is 25.1 Å². The number of amides is 1. The molecule has 3 heterocycles. The fraction of sp³-hybridized carbons (Fsp3) is 0.304. The maximum Gasteiger partial charge on any atom is 0.490 e. The third-order valence-corrected chi connectivity index (χ3v) is 5.69. The molecule has 5 rings (SSSR count). The Morgan fingerprint density at radius 3 is 2.49 bits per heavy atom. The van der Waals surface area contributed by atoms with Crippen molar-refractivity contribution >= 4 is 39.6 Å². The fourth-order valence-corrected chi connectivity index (χ4v) is 4.15. The summed E-state index contributed by atoms with van der Waals surface area (Å²) in [5.41, 5.74) is 3.62. The number of hydrogen-bond donors (Lipinski definition) is 2. The van der Waals surface area contributed by atoms with Crippen LogP contribution in [0, 0.1) is 6.92 Å². The van der Waals surface area contributed by atoms with Gasteiger partial charge in [0.25, 0.3) is 5.91 Å². The lowest BCUT2D eigenvalue weighted by Gasteiger charge is -2.15. The monoisotopic (exact) mass is 486 g/mol. The second kappa shape index (κ2) is 9.65. The molecule has 1 fully saturated rings. The summed E-state index contributed by atoms with van der Waals surface area (Å²) in [6, 6.07) is 9.56. The number of nitrogens with zero attached hydrogens (tertiary/aromatic N) is 5. The minimum Gasteiger partial charge on any atom is -0.475 e. The first-order chi connectivity index (χ1) is 16.6. The highest BCUT2D eigenvalue weighted by molar-refractivity contribution is 6.09. The van der Waals surface area contributed by atoms with Crippen LogP contribution in [0.15, 0.2) is 42.7 Å². The molecule has 1 aromatic carbocycles. The number of fused-ring (bicyclic) bond motifs is 3. The molecule has 4 aromatic rings. The predicted molar refractivity (Wildman–Crippen MR) is 121 cm³/mol. The number of benzene rings is 1. The first-order valence-electron chi connectivity index (χ1n) is 10.8. The average molecular weight is 486 g/mol. The molecule has 1 amide bonds. The molecule has 9 nitrogen and oxygen atoms in total. The molecule has 0 unspecified atom stereocenters. The second-order valence-electron chi connectivity index (χ2n) is 8.07. The summed E-state index contributed by atoms with van der Waals surface area (Å²) in [4.78, 5) is 30.3. The van der Waals surface area contributed by atoms with Gasteiger partial charge in [-0.3, -0.25) is 9.78 Å². The van der Waals surface area contributed by atoms with Crippen LogP contribution in [0.4, 0.5) is 18.9 Å². The Morgan fingerprint density at radius 2 is 1.86 bits per heavy atom. The molecule has 1 aliphatic rings. The topological polar surface area (TPSA) is 123 Å². The molecule has 12 heteroatoms. The van der Waals surface area contributed by atoms with E-state index in [2.05, 4.69) is 30.0 Å². The van der Waals surface area contributed by atoms with Crippen LogP contribution in [0.3, 0.4) is 0 Å². The lowest BCUT2D eigenvalue weighted by atomic mass is 10.1. The van der Waals surface area contributed by atoms with Crippen molar-refractivity contribution < 1.29 is 27.9 Å². The van der Waals surface area contributed by atoms with Gasteiger partial charge in [0.15, 0.2) is 0 Å². The largest absolute Gasteiger partial charge is 0.490 e. The van der Waals surface area contributed by atoms with E-state index in [9.17, 15) is 18.0 Å². The lowest BCUT2D eigenvalue weighted by Crippen LogP contribution is -2.21. The second-order valence-corrected chi connectivity index (χ2v) is 8.07. The summed E-state index contributed by atoms with van der Waals surface area (Å²) < 4.78 is 34.0. The number of alkyl halides is 3. The number of anilines is 1. The maximum absolute atomic E-state index is 12.7. The zero-order chi connectivity index (χ0) is 25.2. The van der Waals surface area contributed by atoms with E-state index >= 15 is 0 Å². The van der Waals surface area contributed by atoms with E-state index in [0.29, 0.717) is 22.9 Å². The Kier molecular flexibility index (Phi) is 6.63. The van der Waals surface area contributed by atoms with Gasteiger partial charge in [-0.1, -0.05) is 12.8 Å². The van der Waals surface area contributed by atoms with Crippen molar-refractivity contribution in [1.82, 2.24) is 24.7 Å². The Hall–Kier alpha value is -4.09. The van der Waals surface area contributed by atoms with Crippen molar-refractivity contribution in [2.45, 2.75) is 44.8 Å². The highest BCUT2D eigenvalue weighted by Crippen LogP contribution is 2.35. The molecule has 1 saturated carbocycles. The van der Waals surface area contributed by atoms with E-state index in [4.69, 9.17) is 9.90 Å². The summed E-state index contributed by atoms with van der Waals surface area (Å²) in [6.45, 7) is 2.02. The number of aromatic nitrogens is 5. The van der Waals surface area contributed by atoms with E-state index in [-0.39, 0.29) is 5.91 Å². The maximum atomic E-state index is 12.7. The number of carboxylic acid groups (broad SMARTS) is 1. The first-order valence-corrected chi connectivity index (χ1v) is 10.8. The van der Waals surface area contributed by atoms with Gasteiger partial charge in [0.05, 0.1) is 22.9 Å². The molecule has 0 atom stereocenters. The molecule has 35 heavy (non-hydrogen) atoms. The summed E-state index contributed by atoms with van der Waals surface area (Å²) >= 11 is 0. The smallest absolute Gasteiger partial charge is 0.475 e. The third kappa shape index (κ3) is 5.20.